The van der Waals surface area contributed by atoms with E-state index in [0.717, 1.165) is 5.01 Å². The molecule has 7 heteroatoms. The van der Waals surface area contributed by atoms with E-state index in [0.29, 0.717) is 0 Å². The number of nitrogens with zero attached hydrogens (tertiary/aromatic N) is 1. The summed E-state index contributed by atoms with van der Waals surface area (Å²) in [5.41, 5.74) is 6.41. The fourth-order valence-electron chi connectivity index (χ4n) is 1.05. The van der Waals surface area contributed by atoms with Crippen LogP contribution in [0, 0.1) is 0 Å². The first-order valence-corrected chi connectivity index (χ1v) is 6.15. The van der Waals surface area contributed by atoms with Gasteiger partial charge in [-0.3, -0.25) is 0 Å². The lowest BCUT2D eigenvalue weighted by atomic mass is 10.2. The number of amides is 2. The van der Waals surface area contributed by atoms with Crippen molar-refractivity contribution in [3.63, 3.8) is 0 Å². The van der Waals surface area contributed by atoms with Crippen LogP contribution in [0.15, 0.2) is 0 Å². The van der Waals surface area contributed by atoms with Crippen LogP contribution in [0.3, 0.4) is 0 Å². The van der Waals surface area contributed by atoms with Gasteiger partial charge in [0.05, 0.1) is 6.54 Å². The van der Waals surface area contributed by atoms with Crippen molar-refractivity contribution in [2.45, 2.75) is 52.7 Å². The van der Waals surface area contributed by atoms with Gasteiger partial charge in [-0.15, -0.1) is 0 Å². The molecule has 0 unspecified atom stereocenters. The molecule has 0 saturated heterocycles. The van der Waals surface area contributed by atoms with Gasteiger partial charge in [-0.1, -0.05) is 0 Å². The smallest absolute Gasteiger partial charge is 0.429 e. The van der Waals surface area contributed by atoms with Crippen molar-refractivity contribution in [3.05, 3.63) is 0 Å². The standard InChI is InChI=1S/C12H25N3O4/c1-11(2,3)18-9(16)14-15(8-7-13)10(17)19-12(4,5)6/h7-8,13H2,1-6H3,(H,14,16). The lowest BCUT2D eigenvalue weighted by Crippen LogP contribution is -2.51. The predicted molar refractivity (Wildman–Crippen MR) is 71.4 cm³/mol. The zero-order valence-corrected chi connectivity index (χ0v) is 12.6. The first-order valence-electron chi connectivity index (χ1n) is 6.15. The fraction of sp³-hybridized carbons (Fsp3) is 0.833. The average molecular weight is 275 g/mol. The highest BCUT2D eigenvalue weighted by molar-refractivity contribution is 5.74. The molecule has 7 nitrogen and oxygen atoms in total. The zero-order chi connectivity index (χ0) is 15.3. The number of hydrazine groups is 1. The van der Waals surface area contributed by atoms with Crippen molar-refractivity contribution in [2.24, 2.45) is 5.73 Å². The average Bonchev–Trinajstić information content (AvgIpc) is 2.10. The van der Waals surface area contributed by atoms with Gasteiger partial charge in [0.1, 0.15) is 11.2 Å². The Morgan fingerprint density at radius 2 is 1.53 bits per heavy atom. The van der Waals surface area contributed by atoms with E-state index in [-0.39, 0.29) is 13.1 Å². The molecule has 0 aromatic carbocycles. The van der Waals surface area contributed by atoms with Gasteiger partial charge >= 0.3 is 12.2 Å². The van der Waals surface area contributed by atoms with Crippen LogP contribution in [0.4, 0.5) is 9.59 Å². The molecule has 0 rings (SSSR count). The largest absolute Gasteiger partial charge is 0.443 e. The Balaban J connectivity index is 4.57. The van der Waals surface area contributed by atoms with E-state index >= 15 is 0 Å². The molecule has 112 valence electrons. The minimum absolute atomic E-state index is 0.133. The Morgan fingerprint density at radius 3 is 1.89 bits per heavy atom. The minimum atomic E-state index is -0.730. The van der Waals surface area contributed by atoms with Gasteiger partial charge < -0.3 is 15.2 Å². The highest BCUT2D eigenvalue weighted by Crippen LogP contribution is 2.10. The Kier molecular flexibility index (Phi) is 6.08. The second kappa shape index (κ2) is 6.60. The second-order valence-corrected chi connectivity index (χ2v) is 6.03. The van der Waals surface area contributed by atoms with E-state index in [4.69, 9.17) is 15.2 Å². The summed E-state index contributed by atoms with van der Waals surface area (Å²) < 4.78 is 10.2. The van der Waals surface area contributed by atoms with E-state index in [1.165, 1.54) is 0 Å². The monoisotopic (exact) mass is 275 g/mol. The number of nitrogens with two attached hydrogens (primary N) is 1. The van der Waals surface area contributed by atoms with Crippen molar-refractivity contribution < 1.29 is 19.1 Å². The molecule has 0 aromatic heterocycles. The van der Waals surface area contributed by atoms with E-state index in [9.17, 15) is 9.59 Å². The summed E-state index contributed by atoms with van der Waals surface area (Å²) in [6.07, 6.45) is -1.41. The molecule has 0 atom stereocenters. The normalized spacial score (nSPS) is 11.7. The third kappa shape index (κ3) is 9.12. The van der Waals surface area contributed by atoms with Crippen molar-refractivity contribution in [2.75, 3.05) is 13.1 Å². The summed E-state index contributed by atoms with van der Waals surface area (Å²) in [5.74, 6) is 0. The summed E-state index contributed by atoms with van der Waals surface area (Å²) in [6, 6.07) is 0. The Bertz CT molecular complexity index is 318. The van der Waals surface area contributed by atoms with Crippen LogP contribution in [0.1, 0.15) is 41.5 Å². The van der Waals surface area contributed by atoms with Crippen LogP contribution >= 0.6 is 0 Å². The molecule has 0 saturated carbocycles. The first-order chi connectivity index (χ1) is 8.44. The fourth-order valence-corrected chi connectivity index (χ4v) is 1.05. The van der Waals surface area contributed by atoms with E-state index < -0.39 is 23.4 Å². The second-order valence-electron chi connectivity index (χ2n) is 6.03. The maximum absolute atomic E-state index is 11.8. The van der Waals surface area contributed by atoms with Gasteiger partial charge in [-0.05, 0) is 41.5 Å². The number of hydrogen-bond donors (Lipinski definition) is 2. The Hall–Kier alpha value is -1.50. The molecule has 0 aliphatic carbocycles. The molecule has 3 N–H and O–H groups in total. The molecular formula is C12H25N3O4. The van der Waals surface area contributed by atoms with Crippen molar-refractivity contribution in [1.82, 2.24) is 10.4 Å². The maximum atomic E-state index is 11.8. The molecule has 0 aliphatic heterocycles. The molecule has 0 radical (unpaired) electrons. The SMILES string of the molecule is CC(C)(C)OC(=O)NN(CCN)C(=O)OC(C)(C)C. The van der Waals surface area contributed by atoms with Gasteiger partial charge in [0, 0.05) is 6.54 Å². The van der Waals surface area contributed by atoms with Crippen LogP contribution in [0.25, 0.3) is 0 Å². The highest BCUT2D eigenvalue weighted by atomic mass is 16.6. The molecule has 2 amide bonds. The number of nitrogens with one attached hydrogen (secondary N) is 1. The van der Waals surface area contributed by atoms with Gasteiger partial charge in [0.25, 0.3) is 0 Å². The third-order valence-corrected chi connectivity index (χ3v) is 1.59. The first kappa shape index (κ1) is 17.5. The number of carbonyl (C=O) groups excluding carboxylic acids is 2. The Morgan fingerprint density at radius 1 is 1.05 bits per heavy atom. The van der Waals surface area contributed by atoms with Gasteiger partial charge in [0.2, 0.25) is 0 Å². The number of ether oxygens (including phenoxy) is 2. The number of hydrogen-bond acceptors (Lipinski definition) is 5. The van der Waals surface area contributed by atoms with Crippen molar-refractivity contribution >= 4 is 12.2 Å². The molecule has 0 aliphatic rings. The summed E-state index contributed by atoms with van der Waals surface area (Å²) in [5, 5.41) is 0.999. The number of carbonyl (C=O) groups is 2. The van der Waals surface area contributed by atoms with Crippen molar-refractivity contribution in [3.8, 4) is 0 Å². The summed E-state index contributed by atoms with van der Waals surface area (Å²) in [6.45, 7) is 10.7. The predicted octanol–water partition coefficient (Wildman–Crippen LogP) is 1.62. The van der Waals surface area contributed by atoms with Crippen LogP contribution in [0.2, 0.25) is 0 Å². The molecule has 0 fully saturated rings. The molecule has 0 bridgehead atoms. The summed E-state index contributed by atoms with van der Waals surface area (Å²) in [7, 11) is 0. The van der Waals surface area contributed by atoms with Gasteiger partial charge in [-0.2, -0.15) is 0 Å². The van der Waals surface area contributed by atoms with Crippen LogP contribution in [-0.4, -0.2) is 41.5 Å². The van der Waals surface area contributed by atoms with E-state index in [1.807, 2.05) is 0 Å². The van der Waals surface area contributed by atoms with Gasteiger partial charge in [-0.25, -0.2) is 20.0 Å². The lowest BCUT2D eigenvalue weighted by Gasteiger charge is -2.28. The van der Waals surface area contributed by atoms with E-state index in [2.05, 4.69) is 5.43 Å². The topological polar surface area (TPSA) is 93.9 Å². The Labute approximate surface area is 114 Å². The molecule has 19 heavy (non-hydrogen) atoms. The number of rotatable bonds is 2. The quantitative estimate of drug-likeness (QED) is 0.747. The highest BCUT2D eigenvalue weighted by Gasteiger charge is 2.25. The maximum Gasteiger partial charge on any atom is 0.429 e. The molecule has 0 spiro atoms. The molecule has 0 aromatic rings. The van der Waals surface area contributed by atoms with Crippen LogP contribution in [-0.2, 0) is 9.47 Å². The van der Waals surface area contributed by atoms with Crippen molar-refractivity contribution in [1.29, 1.82) is 0 Å². The third-order valence-electron chi connectivity index (χ3n) is 1.59. The van der Waals surface area contributed by atoms with Crippen LogP contribution in [0.5, 0.6) is 0 Å². The van der Waals surface area contributed by atoms with E-state index in [1.54, 1.807) is 41.5 Å². The lowest BCUT2D eigenvalue weighted by molar-refractivity contribution is 0.00210. The summed E-state index contributed by atoms with van der Waals surface area (Å²) >= 11 is 0. The summed E-state index contributed by atoms with van der Waals surface area (Å²) in [4.78, 5) is 23.4. The molecular weight excluding hydrogens is 250 g/mol. The van der Waals surface area contributed by atoms with Crippen LogP contribution < -0.4 is 11.2 Å². The van der Waals surface area contributed by atoms with Gasteiger partial charge in [0.15, 0.2) is 0 Å². The zero-order valence-electron chi connectivity index (χ0n) is 12.6. The molecule has 0 heterocycles. The minimum Gasteiger partial charge on any atom is -0.443 e.